The van der Waals surface area contributed by atoms with Crippen LogP contribution in [0.15, 0.2) is 18.2 Å². The van der Waals surface area contributed by atoms with Gasteiger partial charge in [-0.1, -0.05) is 26.8 Å². The van der Waals surface area contributed by atoms with Crippen molar-refractivity contribution in [2.24, 2.45) is 11.1 Å². The van der Waals surface area contributed by atoms with Crippen LogP contribution in [0, 0.1) is 12.3 Å². The Labute approximate surface area is 125 Å². The van der Waals surface area contributed by atoms with Crippen LogP contribution in [-0.4, -0.2) is 25.0 Å². The number of nitrogens with one attached hydrogen (secondary N) is 1. The number of rotatable bonds is 4. The summed E-state index contributed by atoms with van der Waals surface area (Å²) in [5.41, 5.74) is 7.59. The predicted molar refractivity (Wildman–Crippen MR) is 83.2 cm³/mol. The van der Waals surface area contributed by atoms with Crippen molar-refractivity contribution in [3.8, 4) is 0 Å². The first-order valence-electron chi connectivity index (χ1n) is 6.90. The summed E-state index contributed by atoms with van der Waals surface area (Å²) in [4.78, 5) is 23.7. The zero-order valence-corrected chi connectivity index (χ0v) is 13.3. The molecule has 0 saturated carbocycles. The number of amides is 1. The third kappa shape index (κ3) is 4.56. The van der Waals surface area contributed by atoms with Gasteiger partial charge in [-0.2, -0.15) is 0 Å². The van der Waals surface area contributed by atoms with Crippen LogP contribution in [0.4, 0.5) is 5.69 Å². The van der Waals surface area contributed by atoms with Crippen molar-refractivity contribution in [2.45, 2.75) is 40.2 Å². The highest BCUT2D eigenvalue weighted by atomic mass is 16.5. The fraction of sp³-hybridized carbons (Fsp3) is 0.500. The number of methoxy groups -OCH3 is 1. The van der Waals surface area contributed by atoms with Crippen molar-refractivity contribution in [3.05, 3.63) is 29.3 Å². The van der Waals surface area contributed by atoms with E-state index in [9.17, 15) is 9.59 Å². The fourth-order valence-corrected chi connectivity index (χ4v) is 1.81. The third-order valence-corrected chi connectivity index (χ3v) is 3.53. The molecule has 0 radical (unpaired) electrons. The van der Waals surface area contributed by atoms with Crippen molar-refractivity contribution >= 4 is 17.6 Å². The molecule has 1 amide bonds. The minimum atomic E-state index is -0.421. The molecule has 0 aliphatic rings. The molecular formula is C16H24N2O3. The number of anilines is 1. The number of benzene rings is 1. The van der Waals surface area contributed by atoms with Gasteiger partial charge in [0, 0.05) is 18.2 Å². The molecule has 0 aromatic heterocycles. The van der Waals surface area contributed by atoms with Gasteiger partial charge in [0.2, 0.25) is 5.91 Å². The summed E-state index contributed by atoms with van der Waals surface area (Å²) in [6.07, 6.45) is 0.228. The quantitative estimate of drug-likeness (QED) is 0.835. The Morgan fingerprint density at radius 1 is 1.33 bits per heavy atom. The smallest absolute Gasteiger partial charge is 0.338 e. The molecule has 3 N–H and O–H groups in total. The van der Waals surface area contributed by atoms with E-state index in [0.29, 0.717) is 16.8 Å². The van der Waals surface area contributed by atoms with E-state index in [2.05, 4.69) is 5.32 Å². The number of hydrogen-bond acceptors (Lipinski definition) is 4. The van der Waals surface area contributed by atoms with Crippen LogP contribution in [-0.2, 0) is 9.53 Å². The zero-order chi connectivity index (χ0) is 16.2. The summed E-state index contributed by atoms with van der Waals surface area (Å²) >= 11 is 0. The van der Waals surface area contributed by atoms with E-state index in [4.69, 9.17) is 10.5 Å². The Kier molecular flexibility index (Phi) is 5.49. The van der Waals surface area contributed by atoms with Crippen LogP contribution in [0.1, 0.15) is 43.1 Å². The normalized spacial score (nSPS) is 12.7. The summed E-state index contributed by atoms with van der Waals surface area (Å²) in [5, 5.41) is 2.81. The third-order valence-electron chi connectivity index (χ3n) is 3.53. The SMILES string of the molecule is COC(=O)c1cccc(NC(=O)CC(N)C(C)(C)C)c1C. The molecule has 0 spiro atoms. The van der Waals surface area contributed by atoms with E-state index in [-0.39, 0.29) is 23.8 Å². The molecule has 5 heteroatoms. The number of hydrogen-bond donors (Lipinski definition) is 2. The molecule has 1 rings (SSSR count). The molecule has 0 saturated heterocycles. The maximum atomic E-state index is 12.1. The average molecular weight is 292 g/mol. The molecule has 1 aromatic rings. The van der Waals surface area contributed by atoms with Gasteiger partial charge < -0.3 is 15.8 Å². The Balaban J connectivity index is 2.84. The van der Waals surface area contributed by atoms with E-state index >= 15 is 0 Å². The number of nitrogens with two attached hydrogens (primary N) is 1. The molecule has 5 nitrogen and oxygen atoms in total. The van der Waals surface area contributed by atoms with Gasteiger partial charge in [0.25, 0.3) is 0 Å². The summed E-state index contributed by atoms with van der Waals surface area (Å²) in [6.45, 7) is 7.75. The maximum Gasteiger partial charge on any atom is 0.338 e. The summed E-state index contributed by atoms with van der Waals surface area (Å²) < 4.78 is 4.71. The summed E-state index contributed by atoms with van der Waals surface area (Å²) in [6, 6.07) is 4.89. The van der Waals surface area contributed by atoms with E-state index in [0.717, 1.165) is 0 Å². The number of carbonyl (C=O) groups excluding carboxylic acids is 2. The first-order valence-corrected chi connectivity index (χ1v) is 6.90. The van der Waals surface area contributed by atoms with Crippen LogP contribution in [0.3, 0.4) is 0 Å². The topological polar surface area (TPSA) is 81.4 Å². The molecule has 0 fully saturated rings. The van der Waals surface area contributed by atoms with Gasteiger partial charge >= 0.3 is 5.97 Å². The highest BCUT2D eigenvalue weighted by Crippen LogP contribution is 2.22. The number of ether oxygens (including phenoxy) is 1. The Hall–Kier alpha value is -1.88. The Bertz CT molecular complexity index is 533. The van der Waals surface area contributed by atoms with Crippen molar-refractivity contribution in [1.82, 2.24) is 0 Å². The van der Waals surface area contributed by atoms with Crippen molar-refractivity contribution in [3.63, 3.8) is 0 Å². The number of carbonyl (C=O) groups is 2. The lowest BCUT2D eigenvalue weighted by Crippen LogP contribution is -2.38. The van der Waals surface area contributed by atoms with Crippen LogP contribution >= 0.6 is 0 Å². The van der Waals surface area contributed by atoms with Gasteiger partial charge in [0.15, 0.2) is 0 Å². The van der Waals surface area contributed by atoms with E-state index < -0.39 is 5.97 Å². The van der Waals surface area contributed by atoms with Crippen LogP contribution in [0.5, 0.6) is 0 Å². The molecule has 0 heterocycles. The molecule has 1 aromatic carbocycles. The molecule has 0 aliphatic heterocycles. The van der Waals surface area contributed by atoms with Gasteiger partial charge in [-0.05, 0) is 30.0 Å². The standard InChI is InChI=1S/C16H24N2O3/c1-10-11(15(20)21-5)7-6-8-12(10)18-14(19)9-13(17)16(2,3)4/h6-8,13H,9,17H2,1-5H3,(H,18,19). The van der Waals surface area contributed by atoms with Crippen molar-refractivity contribution < 1.29 is 14.3 Å². The van der Waals surface area contributed by atoms with E-state index in [1.807, 2.05) is 20.8 Å². The van der Waals surface area contributed by atoms with Crippen molar-refractivity contribution in [1.29, 1.82) is 0 Å². The molecule has 1 unspecified atom stereocenters. The highest BCUT2D eigenvalue weighted by Gasteiger charge is 2.23. The van der Waals surface area contributed by atoms with E-state index in [1.54, 1.807) is 25.1 Å². The molecule has 1 atom stereocenters. The minimum Gasteiger partial charge on any atom is -0.465 e. The summed E-state index contributed by atoms with van der Waals surface area (Å²) in [5.74, 6) is -0.586. The Morgan fingerprint density at radius 2 is 1.95 bits per heavy atom. The predicted octanol–water partition coefficient (Wildman–Crippen LogP) is 2.48. The van der Waals surface area contributed by atoms with Crippen molar-refractivity contribution in [2.75, 3.05) is 12.4 Å². The second kappa shape index (κ2) is 6.72. The minimum absolute atomic E-state index is 0.139. The highest BCUT2D eigenvalue weighted by molar-refractivity contribution is 5.96. The van der Waals surface area contributed by atoms with E-state index in [1.165, 1.54) is 7.11 Å². The first-order chi connectivity index (χ1) is 9.66. The monoisotopic (exact) mass is 292 g/mol. The second-order valence-electron chi connectivity index (χ2n) is 6.19. The van der Waals surface area contributed by atoms with Crippen LogP contribution < -0.4 is 11.1 Å². The van der Waals surface area contributed by atoms with Gasteiger partial charge in [-0.3, -0.25) is 4.79 Å². The fourth-order valence-electron chi connectivity index (χ4n) is 1.81. The zero-order valence-electron chi connectivity index (χ0n) is 13.3. The molecule has 116 valence electrons. The lowest BCUT2D eigenvalue weighted by atomic mass is 9.85. The van der Waals surface area contributed by atoms with Gasteiger partial charge in [-0.15, -0.1) is 0 Å². The Morgan fingerprint density at radius 3 is 2.48 bits per heavy atom. The van der Waals surface area contributed by atoms with Crippen LogP contribution in [0.2, 0.25) is 0 Å². The first kappa shape index (κ1) is 17.2. The number of esters is 1. The van der Waals surface area contributed by atoms with Crippen LogP contribution in [0.25, 0.3) is 0 Å². The molecule has 0 bridgehead atoms. The molecular weight excluding hydrogens is 268 g/mol. The van der Waals surface area contributed by atoms with Gasteiger partial charge in [0.05, 0.1) is 12.7 Å². The summed E-state index contributed by atoms with van der Waals surface area (Å²) in [7, 11) is 1.33. The van der Waals surface area contributed by atoms with Gasteiger partial charge in [-0.25, -0.2) is 4.79 Å². The second-order valence-corrected chi connectivity index (χ2v) is 6.19. The largest absolute Gasteiger partial charge is 0.465 e. The maximum absolute atomic E-state index is 12.1. The molecule has 0 aliphatic carbocycles. The molecule has 21 heavy (non-hydrogen) atoms. The average Bonchev–Trinajstić information content (AvgIpc) is 2.39. The lowest BCUT2D eigenvalue weighted by Gasteiger charge is -2.26. The van der Waals surface area contributed by atoms with Gasteiger partial charge in [0.1, 0.15) is 0 Å². The lowest BCUT2D eigenvalue weighted by molar-refractivity contribution is -0.117.